The van der Waals surface area contributed by atoms with Gasteiger partial charge in [0.05, 0.1) is 18.0 Å². The van der Waals surface area contributed by atoms with Crippen molar-refractivity contribution in [3.05, 3.63) is 34.4 Å². The Labute approximate surface area is 107 Å². The third-order valence-corrected chi connectivity index (χ3v) is 2.85. The average Bonchev–Trinajstić information content (AvgIpc) is 2.39. The normalized spacial score (nSPS) is 9.94. The molecule has 0 heterocycles. The van der Waals surface area contributed by atoms with Gasteiger partial charge in [0.15, 0.2) is 0 Å². The molecule has 0 fully saturated rings. The molecule has 18 heavy (non-hydrogen) atoms. The summed E-state index contributed by atoms with van der Waals surface area (Å²) in [6, 6.07) is 6.49. The van der Waals surface area contributed by atoms with E-state index in [1.807, 2.05) is 0 Å². The Bertz CT molecular complexity index is 432. The van der Waals surface area contributed by atoms with Crippen LogP contribution in [0.4, 0.5) is 11.4 Å². The van der Waals surface area contributed by atoms with Gasteiger partial charge >= 0.3 is 0 Å². The van der Waals surface area contributed by atoms with E-state index in [2.05, 4.69) is 30.7 Å². The van der Waals surface area contributed by atoms with Gasteiger partial charge in [-0.3, -0.25) is 14.7 Å². The van der Waals surface area contributed by atoms with Crippen LogP contribution < -0.4 is 5.32 Å². The van der Waals surface area contributed by atoms with Crippen molar-refractivity contribution in [3.8, 4) is 0 Å². The van der Waals surface area contributed by atoms with Gasteiger partial charge in [0.25, 0.3) is 5.69 Å². The summed E-state index contributed by atoms with van der Waals surface area (Å²) in [4.78, 5) is 10.2. The van der Waals surface area contributed by atoms with Crippen LogP contribution in [-0.2, 0) is 0 Å². The summed E-state index contributed by atoms with van der Waals surface area (Å²) >= 11 is 0. The molecule has 1 rings (SSSR count). The van der Waals surface area contributed by atoms with Crippen molar-refractivity contribution in [1.82, 2.24) is 0 Å². The summed E-state index contributed by atoms with van der Waals surface area (Å²) in [5.74, 6) is 1.13. The zero-order valence-corrected chi connectivity index (χ0v) is 11.1. The number of nitrogens with zero attached hydrogens (tertiary/aromatic N) is 2. The van der Waals surface area contributed by atoms with Gasteiger partial charge in [-0.2, -0.15) is 0 Å². The van der Waals surface area contributed by atoms with Gasteiger partial charge in [0, 0.05) is 18.6 Å². The zero-order valence-electron chi connectivity index (χ0n) is 11.1. The molecule has 0 radical (unpaired) electrons. The van der Waals surface area contributed by atoms with Crippen molar-refractivity contribution < 1.29 is 9.50 Å². The van der Waals surface area contributed by atoms with Crippen molar-refractivity contribution in [2.24, 2.45) is 0 Å². The molecule has 5 nitrogen and oxygen atoms in total. The number of nitrogens with one attached hydrogen (secondary N) is 1. The largest absolute Gasteiger partial charge is 0.269 e. The molecule has 0 aliphatic rings. The quantitative estimate of drug-likeness (QED) is 0.287. The first-order chi connectivity index (χ1) is 8.62. The average molecular weight is 250 g/mol. The second kappa shape index (κ2) is 6.74. The molecule has 1 aromatic rings. The topological polar surface area (TPSA) is 58.2 Å². The lowest BCUT2D eigenvalue weighted by Gasteiger charge is -2.08. The number of anilines is 1. The van der Waals surface area contributed by atoms with Crippen LogP contribution in [-0.4, -0.2) is 28.4 Å². The Hall–Kier alpha value is -1.91. The maximum absolute atomic E-state index is 10.6. The minimum absolute atomic E-state index is 0.112. The predicted molar refractivity (Wildman–Crippen MR) is 73.4 cm³/mol. The van der Waals surface area contributed by atoms with Crippen LogP contribution in [0.5, 0.6) is 0 Å². The lowest BCUT2D eigenvalue weighted by Crippen LogP contribution is -2.27. The number of hydrogen-bond donors (Lipinski definition) is 1. The standard InChI is InChI=1S/C13H19N3O2/c1-4-13(15(5-2)6-3)14-11-7-9-12(10-8-11)16(17)18/h7-10H,4-6H2,1-3H3/p+1. The molecule has 98 valence electrons. The minimum Gasteiger partial charge on any atom is -0.266 e. The fraction of sp³-hybridized carbons (Fsp3) is 0.462. The Balaban J connectivity index is 2.89. The molecule has 1 aromatic carbocycles. The number of benzene rings is 1. The SMILES string of the molecule is CCC(Nc1ccc([N+](=O)[O-])cc1)=[N+](CC)CC. The minimum atomic E-state index is -0.390. The first-order valence-electron chi connectivity index (χ1n) is 6.24. The predicted octanol–water partition coefficient (Wildman–Crippen LogP) is 2.87. The van der Waals surface area contributed by atoms with Crippen molar-refractivity contribution in [1.29, 1.82) is 0 Å². The Morgan fingerprint density at radius 3 is 2.11 bits per heavy atom. The number of nitro benzene ring substituents is 1. The Morgan fingerprint density at radius 1 is 1.17 bits per heavy atom. The van der Waals surface area contributed by atoms with E-state index in [1.54, 1.807) is 12.1 Å². The maximum Gasteiger partial charge on any atom is 0.269 e. The molecule has 0 aliphatic heterocycles. The highest BCUT2D eigenvalue weighted by Gasteiger charge is 2.11. The first kappa shape index (κ1) is 14.2. The smallest absolute Gasteiger partial charge is 0.266 e. The van der Waals surface area contributed by atoms with Crippen LogP contribution in [0.25, 0.3) is 0 Å². The summed E-state index contributed by atoms with van der Waals surface area (Å²) in [6.07, 6.45) is 0.901. The number of amidine groups is 1. The highest BCUT2D eigenvalue weighted by Crippen LogP contribution is 2.15. The second-order valence-electron chi connectivity index (χ2n) is 3.90. The summed E-state index contributed by atoms with van der Waals surface area (Å²) in [6.45, 7) is 8.19. The molecule has 0 amide bonds. The van der Waals surface area contributed by atoms with Gasteiger partial charge in [-0.25, -0.2) is 5.32 Å². The summed E-state index contributed by atoms with van der Waals surface area (Å²) in [5, 5.41) is 13.9. The fourth-order valence-corrected chi connectivity index (χ4v) is 1.83. The Kier molecular flexibility index (Phi) is 5.30. The van der Waals surface area contributed by atoms with E-state index in [-0.39, 0.29) is 5.69 Å². The lowest BCUT2D eigenvalue weighted by atomic mass is 10.2. The summed E-state index contributed by atoms with van der Waals surface area (Å²) in [7, 11) is 0. The zero-order chi connectivity index (χ0) is 13.5. The monoisotopic (exact) mass is 250 g/mol. The molecule has 0 saturated heterocycles. The van der Waals surface area contributed by atoms with E-state index in [0.29, 0.717) is 0 Å². The van der Waals surface area contributed by atoms with Crippen LogP contribution >= 0.6 is 0 Å². The fourth-order valence-electron chi connectivity index (χ4n) is 1.83. The van der Waals surface area contributed by atoms with Gasteiger partial charge in [0.1, 0.15) is 5.69 Å². The van der Waals surface area contributed by atoms with E-state index in [0.717, 1.165) is 31.0 Å². The van der Waals surface area contributed by atoms with Crippen molar-refractivity contribution in [3.63, 3.8) is 0 Å². The number of hydrogen-bond acceptors (Lipinski definition) is 2. The Morgan fingerprint density at radius 2 is 1.72 bits per heavy atom. The second-order valence-corrected chi connectivity index (χ2v) is 3.90. The van der Waals surface area contributed by atoms with Crippen LogP contribution in [0.1, 0.15) is 27.2 Å². The number of rotatable bonds is 5. The van der Waals surface area contributed by atoms with Gasteiger partial charge in [-0.1, -0.05) is 6.92 Å². The van der Waals surface area contributed by atoms with E-state index in [4.69, 9.17) is 0 Å². The van der Waals surface area contributed by atoms with Gasteiger partial charge < -0.3 is 0 Å². The summed E-state index contributed by atoms with van der Waals surface area (Å²) < 4.78 is 2.24. The van der Waals surface area contributed by atoms with E-state index < -0.39 is 4.92 Å². The molecular weight excluding hydrogens is 230 g/mol. The molecule has 0 bridgehead atoms. The van der Waals surface area contributed by atoms with Crippen molar-refractivity contribution >= 4 is 17.2 Å². The maximum atomic E-state index is 10.6. The first-order valence-corrected chi connectivity index (χ1v) is 6.24. The van der Waals surface area contributed by atoms with E-state index in [1.165, 1.54) is 12.1 Å². The molecular formula is C13H20N3O2+. The van der Waals surface area contributed by atoms with Crippen LogP contribution in [0, 0.1) is 10.1 Å². The molecule has 0 saturated carbocycles. The highest BCUT2D eigenvalue weighted by molar-refractivity contribution is 5.91. The lowest BCUT2D eigenvalue weighted by molar-refractivity contribution is -0.521. The number of nitro groups is 1. The van der Waals surface area contributed by atoms with Crippen molar-refractivity contribution in [2.45, 2.75) is 27.2 Å². The van der Waals surface area contributed by atoms with Gasteiger partial charge in [0.2, 0.25) is 5.84 Å². The summed E-state index contributed by atoms with van der Waals surface area (Å²) in [5.41, 5.74) is 0.991. The van der Waals surface area contributed by atoms with Gasteiger partial charge in [-0.15, -0.1) is 0 Å². The van der Waals surface area contributed by atoms with Crippen molar-refractivity contribution in [2.75, 3.05) is 18.4 Å². The highest BCUT2D eigenvalue weighted by atomic mass is 16.6. The van der Waals surface area contributed by atoms with E-state index in [9.17, 15) is 10.1 Å². The van der Waals surface area contributed by atoms with Crippen LogP contribution in [0.15, 0.2) is 24.3 Å². The van der Waals surface area contributed by atoms with E-state index >= 15 is 0 Å². The molecule has 5 heteroatoms. The molecule has 0 unspecified atom stereocenters. The molecule has 0 aromatic heterocycles. The van der Waals surface area contributed by atoms with Gasteiger partial charge in [-0.05, 0) is 26.0 Å². The van der Waals surface area contributed by atoms with Crippen LogP contribution in [0.3, 0.4) is 0 Å². The molecule has 0 spiro atoms. The molecule has 1 N–H and O–H groups in total. The van der Waals surface area contributed by atoms with Crippen LogP contribution in [0.2, 0.25) is 0 Å². The third kappa shape index (κ3) is 3.55. The molecule has 0 atom stereocenters. The molecule has 0 aliphatic carbocycles. The third-order valence-electron chi connectivity index (χ3n) is 2.85. The number of non-ortho nitro benzene ring substituents is 1.